The van der Waals surface area contributed by atoms with Gasteiger partial charge in [-0.2, -0.15) is 13.2 Å². The highest BCUT2D eigenvalue weighted by molar-refractivity contribution is 5.51. The molecular weight excluding hydrogens is 371 g/mol. The van der Waals surface area contributed by atoms with Crippen molar-refractivity contribution in [3.8, 4) is 11.5 Å². The van der Waals surface area contributed by atoms with Crippen LogP contribution < -0.4 is 4.74 Å². The number of rotatable bonds is 5. The van der Waals surface area contributed by atoms with Crippen LogP contribution in [0.15, 0.2) is 42.5 Å². The van der Waals surface area contributed by atoms with Crippen LogP contribution in [-0.4, -0.2) is 4.92 Å². The zero-order chi connectivity index (χ0) is 21.3. The molecule has 0 unspecified atom stereocenters. The molecule has 2 aromatic carbocycles. The quantitative estimate of drug-likeness (QED) is 0.400. The Morgan fingerprint density at radius 3 is 2.14 bits per heavy atom. The normalized spacial score (nSPS) is 12.7. The van der Waals surface area contributed by atoms with Crippen molar-refractivity contribution >= 4 is 5.69 Å². The molecule has 0 aliphatic heterocycles. The standard InChI is InChI=1S/C21H24F3NO3/c1-19(2,3)13-20(4,5)14-7-6-8-16(11-14)28-18-10-9-15(21(22,23)24)12-17(18)25(26)27/h6-12H,13H2,1-5H3. The second-order valence-electron chi connectivity index (χ2n) is 8.69. The summed E-state index contributed by atoms with van der Waals surface area (Å²) >= 11 is 0. The molecule has 2 rings (SSSR count). The smallest absolute Gasteiger partial charge is 0.416 e. The number of hydrogen-bond acceptors (Lipinski definition) is 3. The molecular formula is C21H24F3NO3. The van der Waals surface area contributed by atoms with Gasteiger partial charge in [0.25, 0.3) is 0 Å². The second-order valence-corrected chi connectivity index (χ2v) is 8.69. The number of ether oxygens (including phenoxy) is 1. The van der Waals surface area contributed by atoms with E-state index in [9.17, 15) is 23.3 Å². The Hall–Kier alpha value is -2.57. The van der Waals surface area contributed by atoms with Crippen molar-refractivity contribution in [1.29, 1.82) is 0 Å². The van der Waals surface area contributed by atoms with Crippen molar-refractivity contribution in [2.45, 2.75) is 52.6 Å². The van der Waals surface area contributed by atoms with Crippen molar-refractivity contribution in [2.24, 2.45) is 5.41 Å². The van der Waals surface area contributed by atoms with Crippen LogP contribution in [0.3, 0.4) is 0 Å². The zero-order valence-corrected chi connectivity index (χ0v) is 16.6. The van der Waals surface area contributed by atoms with Crippen LogP contribution in [0.1, 0.15) is 52.2 Å². The Bertz CT molecular complexity index is 868. The van der Waals surface area contributed by atoms with Gasteiger partial charge in [0, 0.05) is 6.07 Å². The molecule has 0 aliphatic carbocycles. The summed E-state index contributed by atoms with van der Waals surface area (Å²) in [5.41, 5.74) is -0.925. The molecule has 0 amide bonds. The molecule has 4 nitrogen and oxygen atoms in total. The molecule has 28 heavy (non-hydrogen) atoms. The van der Waals surface area contributed by atoms with Crippen LogP contribution in [0.25, 0.3) is 0 Å². The van der Waals surface area contributed by atoms with Gasteiger partial charge in [-0.25, -0.2) is 0 Å². The SMILES string of the molecule is CC(C)(C)CC(C)(C)c1cccc(Oc2ccc(C(F)(F)F)cc2[N+](=O)[O-])c1. The van der Waals surface area contributed by atoms with Gasteiger partial charge < -0.3 is 4.74 Å². The van der Waals surface area contributed by atoms with Crippen molar-refractivity contribution < 1.29 is 22.8 Å². The second kappa shape index (κ2) is 7.45. The first-order valence-corrected chi connectivity index (χ1v) is 8.83. The predicted octanol–water partition coefficient (Wildman–Crippen LogP) is 7.12. The Balaban J connectivity index is 2.38. The zero-order valence-electron chi connectivity index (χ0n) is 16.6. The molecule has 0 bridgehead atoms. The Morgan fingerprint density at radius 2 is 1.61 bits per heavy atom. The van der Waals surface area contributed by atoms with Gasteiger partial charge in [0.15, 0.2) is 0 Å². The van der Waals surface area contributed by atoms with E-state index >= 15 is 0 Å². The van der Waals surface area contributed by atoms with Crippen molar-refractivity contribution in [3.63, 3.8) is 0 Å². The van der Waals surface area contributed by atoms with E-state index in [1.807, 2.05) is 6.07 Å². The van der Waals surface area contributed by atoms with Gasteiger partial charge in [-0.05, 0) is 47.1 Å². The largest absolute Gasteiger partial charge is 0.450 e. The highest BCUT2D eigenvalue weighted by Gasteiger charge is 2.33. The van der Waals surface area contributed by atoms with Gasteiger partial charge in [-0.3, -0.25) is 10.1 Å². The van der Waals surface area contributed by atoms with Gasteiger partial charge in [0.2, 0.25) is 5.75 Å². The van der Waals surface area contributed by atoms with Crippen molar-refractivity contribution in [1.82, 2.24) is 0 Å². The number of hydrogen-bond donors (Lipinski definition) is 0. The van der Waals surface area contributed by atoms with E-state index in [-0.39, 0.29) is 16.6 Å². The van der Waals surface area contributed by atoms with Crippen LogP contribution in [0.5, 0.6) is 11.5 Å². The lowest BCUT2D eigenvalue weighted by Gasteiger charge is -2.33. The fourth-order valence-corrected chi connectivity index (χ4v) is 3.46. The summed E-state index contributed by atoms with van der Waals surface area (Å²) in [4.78, 5) is 10.4. The third-order valence-electron chi connectivity index (χ3n) is 4.30. The number of nitro benzene ring substituents is 1. The van der Waals surface area contributed by atoms with Crippen molar-refractivity contribution in [2.75, 3.05) is 0 Å². The Labute approximate surface area is 162 Å². The Kier molecular flexibility index (Phi) is 5.78. The van der Waals surface area contributed by atoms with E-state index in [0.29, 0.717) is 11.8 Å². The number of nitrogens with zero attached hydrogens (tertiary/aromatic N) is 1. The number of nitro groups is 1. The highest BCUT2D eigenvalue weighted by atomic mass is 19.4. The fourth-order valence-electron chi connectivity index (χ4n) is 3.46. The molecule has 0 atom stereocenters. The van der Waals surface area contributed by atoms with Crippen LogP contribution in [0.4, 0.5) is 18.9 Å². The monoisotopic (exact) mass is 395 g/mol. The molecule has 152 valence electrons. The maximum atomic E-state index is 12.8. The van der Waals surface area contributed by atoms with E-state index in [4.69, 9.17) is 4.74 Å². The van der Waals surface area contributed by atoms with Crippen LogP contribution in [0, 0.1) is 15.5 Å². The number of alkyl halides is 3. The van der Waals surface area contributed by atoms with Gasteiger partial charge in [0.1, 0.15) is 5.75 Å². The predicted molar refractivity (Wildman–Crippen MR) is 102 cm³/mol. The van der Waals surface area contributed by atoms with E-state index in [1.54, 1.807) is 18.2 Å². The fraction of sp³-hybridized carbons (Fsp3) is 0.429. The third kappa shape index (κ3) is 5.47. The molecule has 0 N–H and O–H groups in total. The lowest BCUT2D eigenvalue weighted by atomic mass is 9.72. The van der Waals surface area contributed by atoms with Crippen LogP contribution >= 0.6 is 0 Å². The number of halogens is 3. The van der Waals surface area contributed by atoms with E-state index in [1.165, 1.54) is 0 Å². The third-order valence-corrected chi connectivity index (χ3v) is 4.30. The molecule has 7 heteroatoms. The molecule has 0 heterocycles. The molecule has 0 radical (unpaired) electrons. The average molecular weight is 395 g/mol. The summed E-state index contributed by atoms with van der Waals surface area (Å²) in [5, 5.41) is 11.2. The van der Waals surface area contributed by atoms with Gasteiger partial charge in [-0.15, -0.1) is 0 Å². The minimum absolute atomic E-state index is 0.0899. The summed E-state index contributed by atoms with van der Waals surface area (Å²) in [5.74, 6) is 0.103. The summed E-state index contributed by atoms with van der Waals surface area (Å²) in [6.07, 6.45) is -3.77. The summed E-state index contributed by atoms with van der Waals surface area (Å²) in [7, 11) is 0. The van der Waals surface area contributed by atoms with Gasteiger partial charge in [-0.1, -0.05) is 46.8 Å². The average Bonchev–Trinajstić information content (AvgIpc) is 2.52. The molecule has 0 saturated carbocycles. The highest BCUT2D eigenvalue weighted by Crippen LogP contribution is 2.40. The minimum atomic E-state index is -4.67. The first-order valence-electron chi connectivity index (χ1n) is 8.83. The summed E-state index contributed by atoms with van der Waals surface area (Å²) < 4.78 is 44.1. The van der Waals surface area contributed by atoms with E-state index in [0.717, 1.165) is 24.1 Å². The van der Waals surface area contributed by atoms with E-state index in [2.05, 4.69) is 34.6 Å². The molecule has 0 saturated heterocycles. The molecule has 0 fully saturated rings. The van der Waals surface area contributed by atoms with Crippen LogP contribution in [-0.2, 0) is 11.6 Å². The van der Waals surface area contributed by atoms with Crippen molar-refractivity contribution in [3.05, 3.63) is 63.7 Å². The molecule has 0 spiro atoms. The molecule has 0 aromatic heterocycles. The topological polar surface area (TPSA) is 52.4 Å². The lowest BCUT2D eigenvalue weighted by molar-refractivity contribution is -0.385. The first kappa shape index (κ1) is 21.7. The lowest BCUT2D eigenvalue weighted by Crippen LogP contribution is -2.24. The summed E-state index contributed by atoms with van der Waals surface area (Å²) in [6.45, 7) is 10.6. The minimum Gasteiger partial charge on any atom is -0.450 e. The van der Waals surface area contributed by atoms with Gasteiger partial charge in [0.05, 0.1) is 10.5 Å². The summed E-state index contributed by atoms with van der Waals surface area (Å²) in [6, 6.07) is 9.35. The Morgan fingerprint density at radius 1 is 0.964 bits per heavy atom. The maximum absolute atomic E-state index is 12.8. The maximum Gasteiger partial charge on any atom is 0.416 e. The first-order chi connectivity index (χ1) is 12.7. The van der Waals surface area contributed by atoms with Gasteiger partial charge >= 0.3 is 11.9 Å². The molecule has 2 aromatic rings. The number of benzene rings is 2. The van der Waals surface area contributed by atoms with Crippen LogP contribution in [0.2, 0.25) is 0 Å². The molecule has 0 aliphatic rings. The van der Waals surface area contributed by atoms with E-state index < -0.39 is 22.4 Å².